The van der Waals surface area contributed by atoms with Crippen LogP contribution in [0, 0.1) is 17.8 Å². The van der Waals surface area contributed by atoms with Gasteiger partial charge < -0.3 is 35.1 Å². The summed E-state index contributed by atoms with van der Waals surface area (Å²) in [6.45, 7) is 10.3. The van der Waals surface area contributed by atoms with Crippen LogP contribution in [0.5, 0.6) is 11.6 Å². The Bertz CT molecular complexity index is 2170. The molecule has 15 nitrogen and oxygen atoms in total. The van der Waals surface area contributed by atoms with Gasteiger partial charge in [0.2, 0.25) is 27.7 Å². The van der Waals surface area contributed by atoms with Crippen LogP contribution in [0.3, 0.4) is 0 Å². The van der Waals surface area contributed by atoms with E-state index in [0.29, 0.717) is 30.7 Å². The summed E-state index contributed by atoms with van der Waals surface area (Å²) in [4.78, 5) is 64.2. The number of pyridine rings is 1. The number of piperidine rings is 1. The molecule has 3 aliphatic heterocycles. The van der Waals surface area contributed by atoms with E-state index < -0.39 is 68.2 Å². The highest BCUT2D eigenvalue weighted by molar-refractivity contribution is 7.91. The zero-order valence-corrected chi connectivity index (χ0v) is 37.9. The number of carbonyl (C=O) groups excluding carboxylic acids is 4. The Morgan fingerprint density at radius 1 is 1.00 bits per heavy atom. The van der Waals surface area contributed by atoms with E-state index in [-0.39, 0.29) is 37.0 Å². The Kier molecular flexibility index (Phi) is 13.3. The van der Waals surface area contributed by atoms with Crippen LogP contribution >= 0.6 is 0 Å². The second-order valence-electron chi connectivity index (χ2n) is 19.5. The van der Waals surface area contributed by atoms with Crippen molar-refractivity contribution in [2.75, 3.05) is 19.6 Å². The molecule has 6 aliphatic rings. The van der Waals surface area contributed by atoms with E-state index >= 15 is 4.79 Å². The molecule has 7 unspecified atom stereocenters. The van der Waals surface area contributed by atoms with Crippen molar-refractivity contribution >= 4 is 44.7 Å². The predicted molar refractivity (Wildman–Crippen MR) is 237 cm³/mol. The van der Waals surface area contributed by atoms with E-state index in [0.717, 1.165) is 107 Å². The highest BCUT2D eigenvalue weighted by Gasteiger charge is 2.54. The molecule has 0 radical (unpaired) electrons. The van der Waals surface area contributed by atoms with Gasteiger partial charge in [-0.1, -0.05) is 57.2 Å². The Hall–Kier alpha value is -4.44. The molecule has 2 saturated heterocycles. The van der Waals surface area contributed by atoms with Crippen molar-refractivity contribution < 1.29 is 41.8 Å². The fraction of sp³-hybridized carbons (Fsp3) is 0.681. The Labute approximate surface area is 371 Å². The summed E-state index contributed by atoms with van der Waals surface area (Å²) in [6, 6.07) is 5.75. The number of para-hydroxylation sites is 1. The molecule has 8 rings (SSSR count). The maximum Gasteiger partial charge on any atom is 0.408 e. The normalized spacial score (nSPS) is 28.6. The van der Waals surface area contributed by atoms with Crippen molar-refractivity contribution in [2.45, 2.75) is 164 Å². The average Bonchev–Trinajstić information content (AvgIpc) is 4.17. The minimum absolute atomic E-state index is 0.00666. The van der Waals surface area contributed by atoms with Gasteiger partial charge in [0, 0.05) is 17.7 Å². The molecule has 2 bridgehead atoms. The summed E-state index contributed by atoms with van der Waals surface area (Å²) in [7, 11) is -4.05. The van der Waals surface area contributed by atoms with Crippen molar-refractivity contribution in [3.8, 4) is 11.6 Å². The third-order valence-electron chi connectivity index (χ3n) is 14.8. The number of nitrogens with one attached hydrogen (secondary N) is 4. The molecular weight excluding hydrogens is 825 g/mol. The lowest BCUT2D eigenvalue weighted by atomic mass is 9.83. The van der Waals surface area contributed by atoms with Crippen LogP contribution in [0.2, 0.25) is 0 Å². The molecule has 0 spiro atoms. The number of alkyl carbamates (subject to hydrolysis) is 1. The number of ether oxygens (including phenoxy) is 3. The number of benzene rings is 1. The van der Waals surface area contributed by atoms with Crippen LogP contribution < -0.4 is 30.1 Å². The lowest BCUT2D eigenvalue weighted by Gasteiger charge is -2.37. The number of carbonyl (C=O) groups is 4. The SMILES string of the molecule is C=CC(C)C(C)(NC(=O)C1CC2CN1C(=O)C(C1CCCCC1)NC(=O)OC1CC1CCCCCc1c(nc3ccccc3c1OC1CCNCC1)O2)C(=O)NS(=O)(=O)C1(C)CC1. The van der Waals surface area contributed by atoms with Crippen LogP contribution in [0.15, 0.2) is 36.9 Å². The largest absolute Gasteiger partial charge is 0.489 e. The third kappa shape index (κ3) is 9.81. The number of hydrogen-bond acceptors (Lipinski definition) is 11. The van der Waals surface area contributed by atoms with Crippen LogP contribution in [0.25, 0.3) is 10.9 Å². The summed E-state index contributed by atoms with van der Waals surface area (Å²) in [5.41, 5.74) is -0.206. The Morgan fingerprint density at radius 3 is 2.41 bits per heavy atom. The van der Waals surface area contributed by atoms with E-state index in [9.17, 15) is 22.8 Å². The summed E-state index contributed by atoms with van der Waals surface area (Å²) in [5.74, 6) is -1.48. The van der Waals surface area contributed by atoms with E-state index in [1.54, 1.807) is 13.8 Å². The number of hydrogen-bond donors (Lipinski definition) is 4. The van der Waals surface area contributed by atoms with Crippen LogP contribution in [0.4, 0.5) is 4.79 Å². The summed E-state index contributed by atoms with van der Waals surface area (Å²) in [5, 5.41) is 10.2. The summed E-state index contributed by atoms with van der Waals surface area (Å²) < 4.78 is 47.5. The first-order chi connectivity index (χ1) is 30.2. The summed E-state index contributed by atoms with van der Waals surface area (Å²) >= 11 is 0. The van der Waals surface area contributed by atoms with Gasteiger partial charge in [-0.05, 0) is 115 Å². The number of rotatable bonds is 10. The molecule has 4 amide bonds. The molecule has 63 heavy (non-hydrogen) atoms. The van der Waals surface area contributed by atoms with Gasteiger partial charge in [-0.25, -0.2) is 18.2 Å². The van der Waals surface area contributed by atoms with E-state index in [4.69, 9.17) is 19.2 Å². The Balaban J connectivity index is 1.16. The van der Waals surface area contributed by atoms with Gasteiger partial charge in [0.25, 0.3) is 5.91 Å². The third-order valence-corrected chi connectivity index (χ3v) is 17.0. The van der Waals surface area contributed by atoms with E-state index in [1.165, 1.54) is 17.9 Å². The monoisotopic (exact) mass is 890 g/mol. The highest BCUT2D eigenvalue weighted by Crippen LogP contribution is 2.43. The zero-order chi connectivity index (χ0) is 44.5. The maximum absolute atomic E-state index is 15.1. The summed E-state index contributed by atoms with van der Waals surface area (Å²) in [6.07, 6.45) is 11.9. The van der Waals surface area contributed by atoms with Crippen LogP contribution in [0.1, 0.15) is 123 Å². The molecule has 4 heterocycles. The van der Waals surface area contributed by atoms with Crippen molar-refractivity contribution in [1.82, 2.24) is 30.6 Å². The van der Waals surface area contributed by atoms with Gasteiger partial charge in [-0.3, -0.25) is 19.1 Å². The van der Waals surface area contributed by atoms with Crippen LogP contribution in [-0.4, -0.2) is 102 Å². The standard InChI is InChI=1S/C47H66N6O9S/c1-5-29(2)47(4,44(56)52-63(58,59)46(3)22-23-46)51-41(54)37-27-33-28-53(37)43(55)39(30-14-8-6-9-15-30)50-45(57)62-38-26-31(38)16-10-7-11-18-35-40(60-32-20-24-48-25-21-32)34-17-12-13-19-36(34)49-42(35)61-33/h5,12-13,17,19,29-33,37-39,48H,1,6-11,14-16,18,20-28H2,2-4H3,(H,50,57)(H,51,54)(H,52,56). The van der Waals surface area contributed by atoms with Crippen molar-refractivity contribution in [3.05, 3.63) is 42.5 Å². The lowest BCUT2D eigenvalue weighted by Crippen LogP contribution is -2.64. The number of nitrogens with zero attached hydrogens (tertiary/aromatic N) is 2. The molecule has 344 valence electrons. The number of aromatic nitrogens is 1. The van der Waals surface area contributed by atoms with Crippen molar-refractivity contribution in [2.24, 2.45) is 17.8 Å². The molecule has 3 aliphatic carbocycles. The average molecular weight is 891 g/mol. The highest BCUT2D eigenvalue weighted by atomic mass is 32.2. The van der Waals surface area contributed by atoms with E-state index in [2.05, 4.69) is 27.3 Å². The molecule has 3 saturated carbocycles. The first-order valence-electron chi connectivity index (χ1n) is 23.4. The minimum atomic E-state index is -4.05. The molecule has 1 aromatic carbocycles. The molecule has 4 N–H and O–H groups in total. The van der Waals surface area contributed by atoms with Gasteiger partial charge in [-0.2, -0.15) is 0 Å². The smallest absolute Gasteiger partial charge is 0.408 e. The second-order valence-corrected chi connectivity index (χ2v) is 21.6. The van der Waals surface area contributed by atoms with Gasteiger partial charge in [0.05, 0.1) is 22.4 Å². The van der Waals surface area contributed by atoms with Gasteiger partial charge in [-0.15, -0.1) is 6.58 Å². The van der Waals surface area contributed by atoms with Crippen LogP contribution in [-0.2, 0) is 35.6 Å². The number of amides is 4. The predicted octanol–water partition coefficient (Wildman–Crippen LogP) is 5.59. The quantitative estimate of drug-likeness (QED) is 0.217. The second kappa shape index (κ2) is 18.6. The van der Waals surface area contributed by atoms with Crippen molar-refractivity contribution in [1.29, 1.82) is 0 Å². The van der Waals surface area contributed by atoms with Gasteiger partial charge >= 0.3 is 6.09 Å². The van der Waals surface area contributed by atoms with Gasteiger partial charge in [0.1, 0.15) is 41.7 Å². The minimum Gasteiger partial charge on any atom is -0.489 e. The molecule has 1 aromatic heterocycles. The maximum atomic E-state index is 15.1. The molecule has 16 heteroatoms. The fourth-order valence-electron chi connectivity index (χ4n) is 9.89. The van der Waals surface area contributed by atoms with Gasteiger partial charge in [0.15, 0.2) is 0 Å². The topological polar surface area (TPSA) is 194 Å². The van der Waals surface area contributed by atoms with Crippen molar-refractivity contribution in [3.63, 3.8) is 0 Å². The molecular formula is C47H66N6O9S. The lowest BCUT2D eigenvalue weighted by molar-refractivity contribution is -0.143. The Morgan fingerprint density at radius 2 is 1.70 bits per heavy atom. The fourth-order valence-corrected chi connectivity index (χ4v) is 11.2. The van der Waals surface area contributed by atoms with E-state index in [1.807, 2.05) is 24.3 Å². The molecule has 7 atom stereocenters. The number of sulfonamides is 1. The molecule has 5 fully saturated rings. The molecule has 2 aromatic rings. The number of fused-ring (bicyclic) bond motifs is 5. The first kappa shape index (κ1) is 45.1. The zero-order valence-electron chi connectivity index (χ0n) is 37.1. The first-order valence-corrected chi connectivity index (χ1v) is 24.9.